The zero-order chi connectivity index (χ0) is 26.6. The van der Waals surface area contributed by atoms with Crippen LogP contribution in [0.5, 0.6) is 11.5 Å². The summed E-state index contributed by atoms with van der Waals surface area (Å²) >= 11 is 12.0. The van der Waals surface area contributed by atoms with E-state index in [9.17, 15) is 22.9 Å². The summed E-state index contributed by atoms with van der Waals surface area (Å²) in [5.74, 6) is -0.235. The molecule has 8 nitrogen and oxygen atoms in total. The molecular weight excluding hydrogens is 542 g/mol. The van der Waals surface area contributed by atoms with Crippen LogP contribution in [-0.2, 0) is 10.0 Å². The molecule has 0 atom stereocenters. The monoisotopic (exact) mass is 562 g/mol. The number of anilines is 1. The molecule has 0 saturated carbocycles. The van der Waals surface area contributed by atoms with Crippen molar-refractivity contribution in [1.82, 2.24) is 9.62 Å². The molecule has 12 heteroatoms. The second-order valence-corrected chi connectivity index (χ2v) is 10.9. The molecule has 1 aliphatic heterocycles. The lowest BCUT2D eigenvalue weighted by Crippen LogP contribution is -2.47. The first-order chi connectivity index (χ1) is 17.6. The van der Waals surface area contributed by atoms with Gasteiger partial charge in [-0.15, -0.1) is 0 Å². The minimum absolute atomic E-state index is 0.00302. The van der Waals surface area contributed by atoms with E-state index >= 15 is 0 Å². The van der Waals surface area contributed by atoms with Gasteiger partial charge in [0, 0.05) is 34.9 Å². The molecule has 0 spiro atoms. The minimum Gasteiger partial charge on any atom is -0.456 e. The van der Waals surface area contributed by atoms with Crippen LogP contribution in [0.4, 0.5) is 14.9 Å². The number of halogens is 3. The average molecular weight is 563 g/mol. The number of nitrogens with zero attached hydrogens (tertiary/aromatic N) is 2. The molecular formula is C25H21Cl2FN4O4S. The van der Waals surface area contributed by atoms with Crippen molar-refractivity contribution in [3.05, 3.63) is 82.1 Å². The number of benzene rings is 3. The molecule has 2 amide bonds. The van der Waals surface area contributed by atoms with Crippen LogP contribution in [0.25, 0.3) is 0 Å². The first kappa shape index (κ1) is 26.7. The van der Waals surface area contributed by atoms with Gasteiger partial charge in [0.2, 0.25) is 10.0 Å². The summed E-state index contributed by atoms with van der Waals surface area (Å²) in [5.41, 5.74) is 0.472. The smallest absolute Gasteiger partial charge is 0.321 e. The van der Waals surface area contributed by atoms with E-state index in [0.717, 1.165) is 0 Å². The third-order valence-corrected chi connectivity index (χ3v) is 7.58. The van der Waals surface area contributed by atoms with Crippen LogP contribution in [0, 0.1) is 17.1 Å². The predicted octanol–water partition coefficient (Wildman–Crippen LogP) is 5.77. The number of sulfonamides is 1. The Labute approximate surface area is 223 Å². The number of nitrogens with one attached hydrogen (secondary N) is 2. The molecule has 1 fully saturated rings. The number of urea groups is 1. The highest BCUT2D eigenvalue weighted by Crippen LogP contribution is 2.33. The molecule has 1 aliphatic rings. The fourth-order valence-electron chi connectivity index (χ4n) is 3.84. The van der Waals surface area contributed by atoms with E-state index in [1.807, 2.05) is 6.07 Å². The summed E-state index contributed by atoms with van der Waals surface area (Å²) < 4.78 is 48.4. The Bertz CT molecular complexity index is 1450. The summed E-state index contributed by atoms with van der Waals surface area (Å²) in [4.78, 5) is 13.8. The Kier molecular flexibility index (Phi) is 8.19. The Hall–Kier alpha value is -3.36. The molecule has 3 aromatic rings. The first-order valence-corrected chi connectivity index (χ1v) is 13.4. The van der Waals surface area contributed by atoms with E-state index in [4.69, 9.17) is 27.9 Å². The number of rotatable bonds is 6. The van der Waals surface area contributed by atoms with Crippen molar-refractivity contribution in [2.24, 2.45) is 0 Å². The maximum absolute atomic E-state index is 13.4. The van der Waals surface area contributed by atoms with Crippen molar-refractivity contribution in [2.75, 3.05) is 18.4 Å². The van der Waals surface area contributed by atoms with Gasteiger partial charge in [-0.05, 0) is 67.4 Å². The molecule has 192 valence electrons. The fraction of sp³-hybridized carbons (Fsp3) is 0.200. The Morgan fingerprint density at radius 3 is 2.41 bits per heavy atom. The molecule has 0 unspecified atom stereocenters. The van der Waals surface area contributed by atoms with Crippen molar-refractivity contribution < 1.29 is 22.3 Å². The second-order valence-electron chi connectivity index (χ2n) is 8.30. The normalized spacial score (nSPS) is 14.2. The van der Waals surface area contributed by atoms with Crippen molar-refractivity contribution >= 4 is 44.9 Å². The number of carbonyl (C=O) groups is 1. The van der Waals surface area contributed by atoms with Crippen LogP contribution in [0.15, 0.2) is 65.6 Å². The maximum Gasteiger partial charge on any atom is 0.321 e. The predicted molar refractivity (Wildman–Crippen MR) is 138 cm³/mol. The summed E-state index contributed by atoms with van der Waals surface area (Å²) in [7, 11) is -4.11. The van der Waals surface area contributed by atoms with Gasteiger partial charge >= 0.3 is 6.03 Å². The quantitative estimate of drug-likeness (QED) is 0.396. The van der Waals surface area contributed by atoms with E-state index in [-0.39, 0.29) is 35.0 Å². The molecule has 1 saturated heterocycles. The molecule has 0 aromatic heterocycles. The summed E-state index contributed by atoms with van der Waals surface area (Å²) in [6.07, 6.45) is 0.710. The van der Waals surface area contributed by atoms with Gasteiger partial charge in [0.25, 0.3) is 0 Å². The third kappa shape index (κ3) is 6.90. The van der Waals surface area contributed by atoms with Gasteiger partial charge in [0.05, 0.1) is 11.6 Å². The topological polar surface area (TPSA) is 112 Å². The second kappa shape index (κ2) is 11.4. The van der Waals surface area contributed by atoms with Crippen molar-refractivity contribution in [3.8, 4) is 17.6 Å². The number of ether oxygens (including phenoxy) is 1. The van der Waals surface area contributed by atoms with E-state index in [1.165, 1.54) is 59.5 Å². The van der Waals surface area contributed by atoms with Gasteiger partial charge in [-0.1, -0.05) is 29.3 Å². The fourth-order valence-corrected chi connectivity index (χ4v) is 5.80. The lowest BCUT2D eigenvalue weighted by Gasteiger charge is -2.32. The van der Waals surface area contributed by atoms with Gasteiger partial charge in [-0.3, -0.25) is 0 Å². The third-order valence-electron chi connectivity index (χ3n) is 5.61. The standard InChI is InChI=1S/C25H21Cl2FN4O4S/c26-17-11-18(27)13-22(12-17)36-23-5-4-16(15-29)10-24(23)37(34,35)31-20-6-8-32(9-7-20)25(33)30-21-3-1-2-19(28)14-21/h1-5,10-14,20,31H,6-9H2,(H,30,33). The van der Waals surface area contributed by atoms with E-state index in [1.54, 1.807) is 6.07 Å². The number of carbonyl (C=O) groups excluding carboxylic acids is 1. The lowest BCUT2D eigenvalue weighted by molar-refractivity contribution is 0.193. The first-order valence-electron chi connectivity index (χ1n) is 11.1. The van der Waals surface area contributed by atoms with Crippen LogP contribution in [0.3, 0.4) is 0 Å². The van der Waals surface area contributed by atoms with E-state index in [2.05, 4.69) is 10.0 Å². The minimum atomic E-state index is -4.11. The highest BCUT2D eigenvalue weighted by atomic mass is 35.5. The number of piperidine rings is 1. The molecule has 3 aromatic carbocycles. The van der Waals surface area contributed by atoms with Crippen LogP contribution in [0.2, 0.25) is 10.0 Å². The Morgan fingerprint density at radius 1 is 1.05 bits per heavy atom. The highest BCUT2D eigenvalue weighted by molar-refractivity contribution is 7.89. The van der Waals surface area contributed by atoms with E-state index < -0.39 is 27.9 Å². The van der Waals surface area contributed by atoms with Crippen molar-refractivity contribution in [3.63, 3.8) is 0 Å². The SMILES string of the molecule is N#Cc1ccc(Oc2cc(Cl)cc(Cl)c2)c(S(=O)(=O)NC2CCN(C(=O)Nc3cccc(F)c3)CC2)c1. The molecule has 0 bridgehead atoms. The number of nitriles is 1. The van der Waals surface area contributed by atoms with Crippen LogP contribution in [0.1, 0.15) is 18.4 Å². The zero-order valence-electron chi connectivity index (χ0n) is 19.2. The van der Waals surface area contributed by atoms with Gasteiger partial charge in [0.1, 0.15) is 22.2 Å². The maximum atomic E-state index is 13.4. The lowest BCUT2D eigenvalue weighted by atomic mass is 10.1. The number of hydrogen-bond donors (Lipinski definition) is 2. The molecule has 1 heterocycles. The number of likely N-dealkylation sites (tertiary alicyclic amines) is 1. The van der Waals surface area contributed by atoms with Crippen LogP contribution < -0.4 is 14.8 Å². The Balaban J connectivity index is 1.45. The summed E-state index contributed by atoms with van der Waals surface area (Å²) in [6.45, 7) is 0.577. The van der Waals surface area contributed by atoms with Gasteiger partial charge in [-0.25, -0.2) is 22.3 Å². The van der Waals surface area contributed by atoms with Gasteiger partial charge in [0.15, 0.2) is 0 Å². The molecule has 2 N–H and O–H groups in total. The summed E-state index contributed by atoms with van der Waals surface area (Å²) in [6, 6.07) is 15.2. The van der Waals surface area contributed by atoms with E-state index in [0.29, 0.717) is 28.6 Å². The molecule has 0 radical (unpaired) electrons. The largest absolute Gasteiger partial charge is 0.456 e. The molecule has 4 rings (SSSR count). The number of hydrogen-bond acceptors (Lipinski definition) is 5. The van der Waals surface area contributed by atoms with Crippen molar-refractivity contribution in [2.45, 2.75) is 23.8 Å². The molecule has 37 heavy (non-hydrogen) atoms. The van der Waals surface area contributed by atoms with Crippen molar-refractivity contribution in [1.29, 1.82) is 5.26 Å². The average Bonchev–Trinajstić information content (AvgIpc) is 2.84. The highest BCUT2D eigenvalue weighted by Gasteiger charge is 2.29. The van der Waals surface area contributed by atoms with Gasteiger partial charge in [-0.2, -0.15) is 5.26 Å². The Morgan fingerprint density at radius 2 is 1.76 bits per heavy atom. The van der Waals surface area contributed by atoms with Crippen LogP contribution >= 0.6 is 23.2 Å². The zero-order valence-corrected chi connectivity index (χ0v) is 21.6. The molecule has 0 aliphatic carbocycles. The number of amides is 2. The van der Waals surface area contributed by atoms with Gasteiger partial charge < -0.3 is 15.0 Å². The van der Waals surface area contributed by atoms with Crippen LogP contribution in [-0.4, -0.2) is 38.5 Å². The summed E-state index contributed by atoms with van der Waals surface area (Å²) in [5, 5.41) is 12.6.